The molecule has 86 valence electrons. The van der Waals surface area contributed by atoms with E-state index < -0.39 is 0 Å². The van der Waals surface area contributed by atoms with E-state index in [1.54, 1.807) is 24.0 Å². The SMILES string of the molecule is CSCC(C)N(C)c1ncc(N)cc1C#N. The predicted molar refractivity (Wildman–Crippen MR) is 69.6 cm³/mol. The molecule has 1 heterocycles. The van der Waals surface area contributed by atoms with Crippen molar-refractivity contribution < 1.29 is 0 Å². The zero-order valence-corrected chi connectivity index (χ0v) is 10.6. The number of aromatic nitrogens is 1. The summed E-state index contributed by atoms with van der Waals surface area (Å²) < 4.78 is 0. The molecule has 1 aromatic rings. The van der Waals surface area contributed by atoms with E-state index in [9.17, 15) is 0 Å². The lowest BCUT2D eigenvalue weighted by atomic mass is 10.2. The number of anilines is 2. The molecule has 0 radical (unpaired) electrons. The number of nitrogens with zero attached hydrogens (tertiary/aromatic N) is 3. The summed E-state index contributed by atoms with van der Waals surface area (Å²) in [5.41, 5.74) is 6.64. The second-order valence-electron chi connectivity index (χ2n) is 3.67. The first-order chi connectivity index (χ1) is 7.60. The average Bonchev–Trinajstić information content (AvgIpc) is 2.28. The van der Waals surface area contributed by atoms with Gasteiger partial charge < -0.3 is 10.6 Å². The fraction of sp³-hybridized carbons (Fsp3) is 0.455. The van der Waals surface area contributed by atoms with Gasteiger partial charge in [-0.15, -0.1) is 0 Å². The van der Waals surface area contributed by atoms with Crippen molar-refractivity contribution in [3.05, 3.63) is 17.8 Å². The third-order valence-corrected chi connectivity index (χ3v) is 3.23. The van der Waals surface area contributed by atoms with Gasteiger partial charge in [-0.25, -0.2) is 4.98 Å². The van der Waals surface area contributed by atoms with E-state index in [4.69, 9.17) is 11.0 Å². The summed E-state index contributed by atoms with van der Waals surface area (Å²) in [6.07, 6.45) is 3.64. The van der Waals surface area contributed by atoms with Gasteiger partial charge in [-0.2, -0.15) is 17.0 Å². The van der Waals surface area contributed by atoms with Crippen LogP contribution in [0.2, 0.25) is 0 Å². The molecule has 1 aromatic heterocycles. The zero-order chi connectivity index (χ0) is 12.1. The van der Waals surface area contributed by atoms with Crippen LogP contribution < -0.4 is 10.6 Å². The zero-order valence-electron chi connectivity index (χ0n) is 9.77. The molecule has 16 heavy (non-hydrogen) atoms. The van der Waals surface area contributed by atoms with Gasteiger partial charge in [0, 0.05) is 18.8 Å². The number of nitrogen functional groups attached to an aromatic ring is 1. The highest BCUT2D eigenvalue weighted by Crippen LogP contribution is 2.20. The van der Waals surface area contributed by atoms with Crippen LogP contribution in [0.4, 0.5) is 11.5 Å². The second kappa shape index (κ2) is 5.61. The molecule has 0 aliphatic carbocycles. The predicted octanol–water partition coefficient (Wildman–Crippen LogP) is 1.72. The van der Waals surface area contributed by atoms with Crippen molar-refractivity contribution in [1.82, 2.24) is 4.98 Å². The van der Waals surface area contributed by atoms with Crippen LogP contribution in [0, 0.1) is 11.3 Å². The van der Waals surface area contributed by atoms with Gasteiger partial charge >= 0.3 is 0 Å². The summed E-state index contributed by atoms with van der Waals surface area (Å²) in [7, 11) is 1.94. The molecule has 0 aliphatic rings. The normalized spacial score (nSPS) is 11.9. The Hall–Kier alpha value is -1.41. The molecule has 2 N–H and O–H groups in total. The number of rotatable bonds is 4. The largest absolute Gasteiger partial charge is 0.397 e. The first-order valence-corrected chi connectivity index (χ1v) is 6.37. The topological polar surface area (TPSA) is 65.9 Å². The van der Waals surface area contributed by atoms with Gasteiger partial charge in [0.25, 0.3) is 0 Å². The van der Waals surface area contributed by atoms with E-state index in [1.165, 1.54) is 0 Å². The lowest BCUT2D eigenvalue weighted by Crippen LogP contribution is -2.32. The third-order valence-electron chi connectivity index (χ3n) is 2.41. The molecule has 1 atom stereocenters. The van der Waals surface area contributed by atoms with Crippen molar-refractivity contribution in [3.8, 4) is 6.07 Å². The Kier molecular flexibility index (Phi) is 4.44. The first kappa shape index (κ1) is 12.7. The van der Waals surface area contributed by atoms with Gasteiger partial charge in [0.15, 0.2) is 0 Å². The molecule has 0 saturated carbocycles. The summed E-state index contributed by atoms with van der Waals surface area (Å²) in [6.45, 7) is 2.11. The minimum Gasteiger partial charge on any atom is -0.397 e. The molecule has 1 rings (SSSR count). The van der Waals surface area contributed by atoms with E-state index >= 15 is 0 Å². The third kappa shape index (κ3) is 2.80. The van der Waals surface area contributed by atoms with Gasteiger partial charge in [-0.05, 0) is 19.2 Å². The van der Waals surface area contributed by atoms with Crippen LogP contribution in [0.5, 0.6) is 0 Å². The summed E-state index contributed by atoms with van der Waals surface area (Å²) in [6, 6.07) is 4.11. The van der Waals surface area contributed by atoms with E-state index in [0.717, 1.165) is 5.75 Å². The number of nitrogens with two attached hydrogens (primary N) is 1. The van der Waals surface area contributed by atoms with Crippen LogP contribution in [0.25, 0.3) is 0 Å². The fourth-order valence-corrected chi connectivity index (χ4v) is 2.10. The van der Waals surface area contributed by atoms with Crippen molar-refractivity contribution in [1.29, 1.82) is 5.26 Å². The lowest BCUT2D eigenvalue weighted by molar-refractivity contribution is 0.752. The summed E-state index contributed by atoms with van der Waals surface area (Å²) in [4.78, 5) is 6.23. The minimum absolute atomic E-state index is 0.332. The highest BCUT2D eigenvalue weighted by molar-refractivity contribution is 7.98. The molecule has 1 unspecified atom stereocenters. The highest BCUT2D eigenvalue weighted by Gasteiger charge is 2.14. The summed E-state index contributed by atoms with van der Waals surface area (Å²) in [5.74, 6) is 1.69. The smallest absolute Gasteiger partial charge is 0.146 e. The molecular formula is C11H16N4S. The summed E-state index contributed by atoms with van der Waals surface area (Å²) >= 11 is 1.77. The maximum atomic E-state index is 9.03. The van der Waals surface area contributed by atoms with Crippen molar-refractivity contribution >= 4 is 23.3 Å². The Morgan fingerprint density at radius 1 is 1.69 bits per heavy atom. The average molecular weight is 236 g/mol. The molecule has 5 heteroatoms. The van der Waals surface area contributed by atoms with E-state index in [-0.39, 0.29) is 0 Å². The molecule has 0 amide bonds. The standard InChI is InChI=1S/C11H16N4S/c1-8(7-16-3)15(2)11-9(5-12)4-10(13)6-14-11/h4,6,8H,7,13H2,1-3H3. The van der Waals surface area contributed by atoms with Crippen molar-refractivity contribution in [2.24, 2.45) is 0 Å². The van der Waals surface area contributed by atoms with E-state index in [0.29, 0.717) is 23.1 Å². The van der Waals surface area contributed by atoms with Crippen LogP contribution >= 0.6 is 11.8 Å². The Morgan fingerprint density at radius 2 is 2.38 bits per heavy atom. The Balaban J connectivity index is 2.99. The van der Waals surface area contributed by atoms with E-state index in [2.05, 4.69) is 24.2 Å². The molecule has 0 fully saturated rings. The van der Waals surface area contributed by atoms with Gasteiger partial charge in [-0.3, -0.25) is 0 Å². The molecule has 0 bridgehead atoms. The van der Waals surface area contributed by atoms with Crippen molar-refractivity contribution in [2.75, 3.05) is 29.7 Å². The molecule has 4 nitrogen and oxygen atoms in total. The van der Waals surface area contributed by atoms with Crippen LogP contribution in [0.15, 0.2) is 12.3 Å². The maximum Gasteiger partial charge on any atom is 0.146 e. The van der Waals surface area contributed by atoms with Gasteiger partial charge in [0.1, 0.15) is 11.9 Å². The quantitative estimate of drug-likeness (QED) is 0.862. The van der Waals surface area contributed by atoms with Gasteiger partial charge in [-0.1, -0.05) is 0 Å². The lowest BCUT2D eigenvalue weighted by Gasteiger charge is -2.26. The number of pyridine rings is 1. The number of nitriles is 1. The monoisotopic (exact) mass is 236 g/mol. The fourth-order valence-electron chi connectivity index (χ4n) is 1.40. The second-order valence-corrected chi connectivity index (χ2v) is 4.58. The summed E-state index contributed by atoms with van der Waals surface area (Å²) in [5, 5.41) is 9.03. The maximum absolute atomic E-state index is 9.03. The van der Waals surface area contributed by atoms with Crippen LogP contribution in [-0.2, 0) is 0 Å². The molecular weight excluding hydrogens is 220 g/mol. The highest BCUT2D eigenvalue weighted by atomic mass is 32.2. The van der Waals surface area contributed by atoms with Crippen molar-refractivity contribution in [2.45, 2.75) is 13.0 Å². The Bertz CT molecular complexity index is 399. The van der Waals surface area contributed by atoms with Gasteiger partial charge in [0.2, 0.25) is 0 Å². The number of hydrogen-bond acceptors (Lipinski definition) is 5. The van der Waals surface area contributed by atoms with Gasteiger partial charge in [0.05, 0.1) is 17.4 Å². The van der Waals surface area contributed by atoms with Crippen LogP contribution in [-0.4, -0.2) is 30.1 Å². The van der Waals surface area contributed by atoms with Crippen LogP contribution in [0.1, 0.15) is 12.5 Å². The van der Waals surface area contributed by atoms with Crippen molar-refractivity contribution in [3.63, 3.8) is 0 Å². The number of hydrogen-bond donors (Lipinski definition) is 1. The van der Waals surface area contributed by atoms with E-state index in [1.807, 2.05) is 11.9 Å². The molecule has 0 aliphatic heterocycles. The Morgan fingerprint density at radius 3 is 2.94 bits per heavy atom. The first-order valence-electron chi connectivity index (χ1n) is 4.97. The molecule has 0 aromatic carbocycles. The number of thioether (sulfide) groups is 1. The minimum atomic E-state index is 0.332. The molecule has 0 saturated heterocycles. The molecule has 0 spiro atoms. The van der Waals surface area contributed by atoms with Crippen LogP contribution in [0.3, 0.4) is 0 Å². The Labute approximate surface area is 100 Å².